The predicted octanol–water partition coefficient (Wildman–Crippen LogP) is 3.09. The molecule has 0 saturated heterocycles. The molecule has 108 valence electrons. The van der Waals surface area contributed by atoms with Gasteiger partial charge in [-0.05, 0) is 13.0 Å². The van der Waals surface area contributed by atoms with Gasteiger partial charge in [-0.1, -0.05) is 0 Å². The van der Waals surface area contributed by atoms with Crippen molar-refractivity contribution in [2.24, 2.45) is 0 Å². The van der Waals surface area contributed by atoms with Crippen LogP contribution in [0.25, 0.3) is 0 Å². The number of alkyl halides is 5. The first-order valence-corrected chi connectivity index (χ1v) is 5.19. The van der Waals surface area contributed by atoms with E-state index in [2.05, 4.69) is 9.72 Å². The van der Waals surface area contributed by atoms with Crippen LogP contribution in [-0.2, 0) is 10.9 Å². The summed E-state index contributed by atoms with van der Waals surface area (Å²) < 4.78 is 67.9. The maximum Gasteiger partial charge on any atom is 0.419 e. The number of ether oxygens (including phenoxy) is 1. The Bertz CT molecular complexity index is 563. The van der Waals surface area contributed by atoms with Gasteiger partial charge in [0.05, 0.1) is 18.2 Å². The molecule has 0 amide bonds. The second-order valence-electron chi connectivity index (χ2n) is 3.45. The van der Waals surface area contributed by atoms with Crippen molar-refractivity contribution in [2.45, 2.75) is 19.5 Å². The average Bonchev–Trinajstić information content (AvgIpc) is 2.36. The number of carbonyl (C=O) groups excluding carboxylic acids is 1. The SMILES string of the molecule is CCOC(=O)c1cc(C#N)c(C(F)(F)F)c(C(F)F)n1. The summed E-state index contributed by atoms with van der Waals surface area (Å²) in [4.78, 5) is 14.3. The molecule has 1 heterocycles. The van der Waals surface area contributed by atoms with E-state index in [9.17, 15) is 26.7 Å². The molecule has 0 spiro atoms. The molecule has 0 unspecified atom stereocenters. The average molecular weight is 294 g/mol. The van der Waals surface area contributed by atoms with E-state index in [-0.39, 0.29) is 6.61 Å². The van der Waals surface area contributed by atoms with Gasteiger partial charge in [0.15, 0.2) is 0 Å². The van der Waals surface area contributed by atoms with E-state index in [1.54, 1.807) is 0 Å². The van der Waals surface area contributed by atoms with E-state index in [0.717, 1.165) is 6.07 Å². The van der Waals surface area contributed by atoms with Crippen molar-refractivity contribution in [3.8, 4) is 6.07 Å². The number of pyridine rings is 1. The van der Waals surface area contributed by atoms with E-state index in [1.165, 1.54) is 6.92 Å². The molecule has 0 radical (unpaired) electrons. The third kappa shape index (κ3) is 3.20. The molecule has 9 heteroatoms. The van der Waals surface area contributed by atoms with Crippen LogP contribution in [-0.4, -0.2) is 17.6 Å². The highest BCUT2D eigenvalue weighted by Crippen LogP contribution is 2.37. The maximum absolute atomic E-state index is 12.7. The largest absolute Gasteiger partial charge is 0.461 e. The van der Waals surface area contributed by atoms with Crippen molar-refractivity contribution in [3.63, 3.8) is 0 Å². The summed E-state index contributed by atoms with van der Waals surface area (Å²) in [6.45, 7) is 1.30. The molecule has 1 aromatic heterocycles. The Kier molecular flexibility index (Phi) is 4.60. The van der Waals surface area contributed by atoms with Crippen LogP contribution in [0.15, 0.2) is 6.07 Å². The lowest BCUT2D eigenvalue weighted by Gasteiger charge is -2.14. The van der Waals surface area contributed by atoms with Gasteiger partial charge >= 0.3 is 12.1 Å². The fraction of sp³-hybridized carbons (Fsp3) is 0.364. The normalized spacial score (nSPS) is 11.3. The Morgan fingerprint density at radius 3 is 2.50 bits per heavy atom. The summed E-state index contributed by atoms with van der Waals surface area (Å²) >= 11 is 0. The molecule has 0 aliphatic rings. The first kappa shape index (κ1) is 15.8. The zero-order valence-corrected chi connectivity index (χ0v) is 9.96. The summed E-state index contributed by atoms with van der Waals surface area (Å²) in [5.41, 5.74) is -5.39. The quantitative estimate of drug-likeness (QED) is 0.635. The van der Waals surface area contributed by atoms with Crippen LogP contribution in [0.3, 0.4) is 0 Å². The van der Waals surface area contributed by atoms with E-state index in [0.29, 0.717) is 6.07 Å². The summed E-state index contributed by atoms with van der Waals surface area (Å²) in [6, 6.07) is 1.61. The minimum atomic E-state index is -5.18. The number of esters is 1. The second-order valence-corrected chi connectivity index (χ2v) is 3.45. The molecular weight excluding hydrogens is 287 g/mol. The summed E-state index contributed by atoms with van der Waals surface area (Å²) in [5, 5.41) is 8.65. The van der Waals surface area contributed by atoms with Gasteiger partial charge in [-0.25, -0.2) is 18.6 Å². The topological polar surface area (TPSA) is 63.0 Å². The lowest BCUT2D eigenvalue weighted by atomic mass is 10.1. The highest BCUT2D eigenvalue weighted by Gasteiger charge is 2.40. The number of nitriles is 1. The number of hydrogen-bond donors (Lipinski definition) is 0. The Labute approximate surface area is 109 Å². The molecule has 0 aliphatic carbocycles. The monoisotopic (exact) mass is 294 g/mol. The van der Waals surface area contributed by atoms with Gasteiger partial charge in [0.1, 0.15) is 17.0 Å². The molecule has 20 heavy (non-hydrogen) atoms. The molecule has 0 N–H and O–H groups in total. The zero-order chi connectivity index (χ0) is 15.5. The van der Waals surface area contributed by atoms with Gasteiger partial charge in [0, 0.05) is 0 Å². The summed E-state index contributed by atoms with van der Waals surface area (Å²) in [7, 11) is 0. The minimum absolute atomic E-state index is 0.118. The number of carbonyl (C=O) groups is 1. The third-order valence-corrected chi connectivity index (χ3v) is 2.14. The van der Waals surface area contributed by atoms with Gasteiger partial charge in [-0.3, -0.25) is 0 Å². The standard InChI is InChI=1S/C11H7F5N2O2/c1-2-20-10(19)6-3-5(4-17)7(11(14,15)16)8(18-6)9(12)13/h3,9H,2H2,1H3. The molecule has 1 rings (SSSR count). The van der Waals surface area contributed by atoms with Crippen molar-refractivity contribution >= 4 is 5.97 Å². The van der Waals surface area contributed by atoms with Crippen LogP contribution in [0.5, 0.6) is 0 Å². The molecule has 0 aliphatic heterocycles. The highest BCUT2D eigenvalue weighted by atomic mass is 19.4. The molecule has 0 aromatic carbocycles. The Morgan fingerprint density at radius 1 is 1.50 bits per heavy atom. The first-order chi connectivity index (χ1) is 9.22. The van der Waals surface area contributed by atoms with Gasteiger partial charge in [0.2, 0.25) is 0 Å². The van der Waals surface area contributed by atoms with Crippen molar-refractivity contribution < 1.29 is 31.5 Å². The van der Waals surface area contributed by atoms with Crippen LogP contribution in [0.1, 0.15) is 40.7 Å². The van der Waals surface area contributed by atoms with Crippen LogP contribution in [0.2, 0.25) is 0 Å². The van der Waals surface area contributed by atoms with Crippen LogP contribution < -0.4 is 0 Å². The molecule has 0 saturated carbocycles. The summed E-state index contributed by atoms with van der Waals surface area (Å²) in [6.07, 6.45) is -8.77. The van der Waals surface area contributed by atoms with Gasteiger partial charge in [-0.2, -0.15) is 18.4 Å². The Morgan fingerprint density at radius 2 is 2.10 bits per heavy atom. The van der Waals surface area contributed by atoms with E-state index < -0.39 is 41.1 Å². The first-order valence-electron chi connectivity index (χ1n) is 5.19. The molecule has 4 nitrogen and oxygen atoms in total. The molecule has 0 atom stereocenters. The fourth-order valence-corrected chi connectivity index (χ4v) is 1.42. The number of rotatable bonds is 3. The Hall–Kier alpha value is -2.24. The van der Waals surface area contributed by atoms with Gasteiger partial charge in [-0.15, -0.1) is 0 Å². The number of hydrogen-bond acceptors (Lipinski definition) is 4. The number of halogens is 5. The van der Waals surface area contributed by atoms with Gasteiger partial charge < -0.3 is 4.74 Å². The fourth-order valence-electron chi connectivity index (χ4n) is 1.42. The zero-order valence-electron chi connectivity index (χ0n) is 9.96. The molecular formula is C11H7F5N2O2. The van der Waals surface area contributed by atoms with Crippen molar-refractivity contribution in [1.82, 2.24) is 4.98 Å². The number of aromatic nitrogens is 1. The Balaban J connectivity index is 3.56. The highest BCUT2D eigenvalue weighted by molar-refractivity contribution is 5.88. The molecule has 1 aromatic rings. The third-order valence-electron chi connectivity index (χ3n) is 2.14. The van der Waals surface area contributed by atoms with Crippen LogP contribution in [0, 0.1) is 11.3 Å². The van der Waals surface area contributed by atoms with Crippen molar-refractivity contribution in [1.29, 1.82) is 5.26 Å². The lowest BCUT2D eigenvalue weighted by molar-refractivity contribution is -0.140. The summed E-state index contributed by atoms with van der Waals surface area (Å²) in [5.74, 6) is -1.18. The second kappa shape index (κ2) is 5.81. The van der Waals surface area contributed by atoms with Crippen LogP contribution in [0.4, 0.5) is 22.0 Å². The van der Waals surface area contributed by atoms with E-state index in [4.69, 9.17) is 5.26 Å². The van der Waals surface area contributed by atoms with E-state index in [1.807, 2.05) is 0 Å². The minimum Gasteiger partial charge on any atom is -0.461 e. The van der Waals surface area contributed by atoms with Crippen molar-refractivity contribution in [3.05, 3.63) is 28.6 Å². The van der Waals surface area contributed by atoms with Crippen molar-refractivity contribution in [2.75, 3.05) is 6.61 Å². The molecule has 0 bridgehead atoms. The lowest BCUT2D eigenvalue weighted by Crippen LogP contribution is -2.17. The smallest absolute Gasteiger partial charge is 0.419 e. The number of nitrogens with zero attached hydrogens (tertiary/aromatic N) is 2. The van der Waals surface area contributed by atoms with E-state index >= 15 is 0 Å². The van der Waals surface area contributed by atoms with Crippen LogP contribution >= 0.6 is 0 Å². The predicted molar refractivity (Wildman–Crippen MR) is 54.9 cm³/mol. The van der Waals surface area contributed by atoms with Gasteiger partial charge in [0.25, 0.3) is 6.43 Å². The molecule has 0 fully saturated rings. The maximum atomic E-state index is 12.7.